The Labute approximate surface area is 126 Å². The zero-order chi connectivity index (χ0) is 15.5. The predicted molar refractivity (Wildman–Crippen MR) is 76.2 cm³/mol. The standard InChI is InChI=1S/C12H6F3N3OS2/c13-12(14,15)8-3-1-7(2-4-8)10(19)18-11-17-9(5-21-11)16-6-20/h1-5H,(H,17,18,19). The Morgan fingerprint density at radius 3 is 2.57 bits per heavy atom. The Hall–Kier alpha value is -2.09. The molecule has 0 saturated carbocycles. The molecule has 0 unspecified atom stereocenters. The Bertz CT molecular complexity index is 703. The molecule has 0 atom stereocenters. The fourth-order valence-corrected chi connectivity index (χ4v) is 2.11. The summed E-state index contributed by atoms with van der Waals surface area (Å²) in [7, 11) is 0. The molecule has 21 heavy (non-hydrogen) atoms. The zero-order valence-electron chi connectivity index (χ0n) is 10.1. The number of benzene rings is 1. The van der Waals surface area contributed by atoms with Gasteiger partial charge in [0.05, 0.1) is 10.7 Å². The summed E-state index contributed by atoms with van der Waals surface area (Å²) in [5, 5.41) is 6.42. The van der Waals surface area contributed by atoms with Crippen molar-refractivity contribution in [2.75, 3.05) is 5.32 Å². The lowest BCUT2D eigenvalue weighted by Gasteiger charge is -2.07. The average molecular weight is 329 g/mol. The van der Waals surface area contributed by atoms with Gasteiger partial charge in [-0.1, -0.05) is 0 Å². The van der Waals surface area contributed by atoms with Crippen LogP contribution in [-0.2, 0) is 6.18 Å². The molecule has 9 heteroatoms. The van der Waals surface area contributed by atoms with E-state index in [0.717, 1.165) is 35.6 Å². The number of aliphatic imine (C=N–C) groups is 1. The first-order valence-electron chi connectivity index (χ1n) is 5.42. The highest BCUT2D eigenvalue weighted by Gasteiger charge is 2.30. The van der Waals surface area contributed by atoms with Crippen LogP contribution in [-0.4, -0.2) is 16.1 Å². The van der Waals surface area contributed by atoms with E-state index in [1.807, 2.05) is 0 Å². The number of alkyl halides is 3. The lowest BCUT2D eigenvalue weighted by atomic mass is 10.1. The van der Waals surface area contributed by atoms with Crippen LogP contribution in [0.5, 0.6) is 0 Å². The molecule has 0 aliphatic carbocycles. The lowest BCUT2D eigenvalue weighted by Crippen LogP contribution is -2.12. The van der Waals surface area contributed by atoms with E-state index in [9.17, 15) is 18.0 Å². The summed E-state index contributed by atoms with van der Waals surface area (Å²) >= 11 is 5.54. The summed E-state index contributed by atoms with van der Waals surface area (Å²) in [6.45, 7) is 0. The molecule has 0 aliphatic heterocycles. The van der Waals surface area contributed by atoms with Gasteiger partial charge in [-0.25, -0.2) is 0 Å². The Morgan fingerprint density at radius 1 is 1.33 bits per heavy atom. The van der Waals surface area contributed by atoms with Crippen LogP contribution < -0.4 is 5.32 Å². The molecule has 2 aromatic rings. The number of halogens is 3. The second kappa shape index (κ2) is 6.13. The van der Waals surface area contributed by atoms with E-state index in [-0.39, 0.29) is 10.7 Å². The first kappa shape index (κ1) is 15.3. The van der Waals surface area contributed by atoms with Crippen LogP contribution in [0.15, 0.2) is 34.6 Å². The third kappa shape index (κ3) is 3.94. The number of hydrogen-bond donors (Lipinski definition) is 1. The fourth-order valence-electron chi connectivity index (χ4n) is 1.40. The number of thiocarbonyl (C=S) groups is 1. The van der Waals surface area contributed by atoms with Crippen molar-refractivity contribution in [2.45, 2.75) is 6.18 Å². The van der Waals surface area contributed by atoms with Crippen molar-refractivity contribution in [3.05, 3.63) is 40.8 Å². The maximum Gasteiger partial charge on any atom is 0.416 e. The molecule has 0 spiro atoms. The smallest absolute Gasteiger partial charge is 0.298 e. The normalized spacial score (nSPS) is 10.8. The van der Waals surface area contributed by atoms with Crippen molar-refractivity contribution in [1.29, 1.82) is 0 Å². The minimum Gasteiger partial charge on any atom is -0.298 e. The van der Waals surface area contributed by atoms with Gasteiger partial charge in [0.2, 0.25) is 0 Å². The highest BCUT2D eigenvalue weighted by atomic mass is 32.1. The lowest BCUT2D eigenvalue weighted by molar-refractivity contribution is -0.137. The largest absolute Gasteiger partial charge is 0.416 e. The molecule has 2 rings (SSSR count). The van der Waals surface area contributed by atoms with Crippen molar-refractivity contribution in [3.8, 4) is 0 Å². The number of nitrogens with zero attached hydrogens (tertiary/aromatic N) is 2. The van der Waals surface area contributed by atoms with Crippen molar-refractivity contribution in [1.82, 2.24) is 4.98 Å². The number of isothiocyanates is 1. The Morgan fingerprint density at radius 2 is 2.00 bits per heavy atom. The first-order valence-corrected chi connectivity index (χ1v) is 6.71. The maximum atomic E-state index is 12.4. The van der Waals surface area contributed by atoms with Crippen LogP contribution in [0.4, 0.5) is 24.1 Å². The van der Waals surface area contributed by atoms with E-state index in [1.54, 1.807) is 5.38 Å². The van der Waals surface area contributed by atoms with Gasteiger partial charge in [0, 0.05) is 10.9 Å². The zero-order valence-corrected chi connectivity index (χ0v) is 11.8. The van der Waals surface area contributed by atoms with E-state index >= 15 is 0 Å². The third-order valence-corrected chi connectivity index (χ3v) is 3.18. The number of nitrogens with one attached hydrogen (secondary N) is 1. The highest BCUT2D eigenvalue weighted by molar-refractivity contribution is 7.78. The molecule has 0 saturated heterocycles. The SMILES string of the molecule is O=C(Nc1nc(N=C=S)cs1)c1ccc(C(F)(F)F)cc1. The van der Waals surface area contributed by atoms with Gasteiger partial charge in [0.25, 0.3) is 5.91 Å². The number of hydrogen-bond acceptors (Lipinski definition) is 5. The monoisotopic (exact) mass is 329 g/mol. The average Bonchev–Trinajstić information content (AvgIpc) is 2.86. The van der Waals surface area contributed by atoms with Crippen LogP contribution in [0.25, 0.3) is 0 Å². The van der Waals surface area contributed by atoms with E-state index in [0.29, 0.717) is 5.82 Å². The Kier molecular flexibility index (Phi) is 4.46. The second-order valence-electron chi connectivity index (χ2n) is 3.74. The number of thiazole rings is 1. The number of carbonyl (C=O) groups is 1. The maximum absolute atomic E-state index is 12.4. The summed E-state index contributed by atoms with van der Waals surface area (Å²) in [5.41, 5.74) is -0.719. The van der Waals surface area contributed by atoms with Crippen molar-refractivity contribution >= 4 is 45.6 Å². The molecule has 0 aliphatic rings. The van der Waals surface area contributed by atoms with Crippen LogP contribution in [0.2, 0.25) is 0 Å². The van der Waals surface area contributed by atoms with Gasteiger partial charge in [-0.3, -0.25) is 10.1 Å². The molecule has 0 bridgehead atoms. The number of carbonyl (C=O) groups excluding carboxylic acids is 1. The predicted octanol–water partition coefficient (Wildman–Crippen LogP) is 4.15. The summed E-state index contributed by atoms with van der Waals surface area (Å²) < 4.78 is 37.2. The molecular weight excluding hydrogens is 323 g/mol. The van der Waals surface area contributed by atoms with Crippen molar-refractivity contribution < 1.29 is 18.0 Å². The molecule has 1 N–H and O–H groups in total. The summed E-state index contributed by atoms with van der Waals surface area (Å²) in [6, 6.07) is 3.89. The van der Waals surface area contributed by atoms with Crippen molar-refractivity contribution in [2.24, 2.45) is 4.99 Å². The van der Waals surface area contributed by atoms with Crippen LogP contribution >= 0.6 is 23.6 Å². The van der Waals surface area contributed by atoms with E-state index in [4.69, 9.17) is 0 Å². The molecule has 108 valence electrons. The van der Waals surface area contributed by atoms with Gasteiger partial charge < -0.3 is 0 Å². The highest BCUT2D eigenvalue weighted by Crippen LogP contribution is 2.29. The van der Waals surface area contributed by atoms with Crippen LogP contribution in [0.3, 0.4) is 0 Å². The molecular formula is C12H6F3N3OS2. The summed E-state index contributed by atoms with van der Waals surface area (Å²) in [5.74, 6) is -0.256. The molecule has 0 radical (unpaired) electrons. The molecule has 1 heterocycles. The minimum atomic E-state index is -4.43. The van der Waals surface area contributed by atoms with Gasteiger partial charge in [-0.2, -0.15) is 23.1 Å². The summed E-state index contributed by atoms with van der Waals surface area (Å²) in [6.07, 6.45) is -4.43. The van der Waals surface area contributed by atoms with Gasteiger partial charge >= 0.3 is 6.18 Å². The second-order valence-corrected chi connectivity index (χ2v) is 4.78. The molecule has 1 amide bonds. The van der Waals surface area contributed by atoms with E-state index in [2.05, 4.69) is 32.7 Å². The molecule has 0 fully saturated rings. The van der Waals surface area contributed by atoms with Crippen LogP contribution in [0, 0.1) is 0 Å². The van der Waals surface area contributed by atoms with Gasteiger partial charge in [-0.05, 0) is 36.5 Å². The van der Waals surface area contributed by atoms with Crippen molar-refractivity contribution in [3.63, 3.8) is 0 Å². The number of aromatic nitrogens is 1. The fraction of sp³-hybridized carbons (Fsp3) is 0.0833. The minimum absolute atomic E-state index is 0.0954. The number of amides is 1. The topological polar surface area (TPSA) is 54.4 Å². The number of anilines is 1. The quantitative estimate of drug-likeness (QED) is 0.680. The third-order valence-electron chi connectivity index (χ3n) is 2.35. The van der Waals surface area contributed by atoms with Crippen LogP contribution in [0.1, 0.15) is 15.9 Å². The Balaban J connectivity index is 2.11. The van der Waals surface area contributed by atoms with Gasteiger partial charge in [0.1, 0.15) is 0 Å². The molecule has 1 aromatic carbocycles. The first-order chi connectivity index (χ1) is 9.90. The molecule has 1 aromatic heterocycles. The summed E-state index contributed by atoms with van der Waals surface area (Å²) in [4.78, 5) is 19.4. The number of rotatable bonds is 3. The molecule has 4 nitrogen and oxygen atoms in total. The van der Waals surface area contributed by atoms with E-state index < -0.39 is 17.6 Å². The van der Waals surface area contributed by atoms with E-state index in [1.165, 1.54) is 0 Å². The van der Waals surface area contributed by atoms with Gasteiger partial charge in [0.15, 0.2) is 10.9 Å². The van der Waals surface area contributed by atoms with Gasteiger partial charge in [-0.15, -0.1) is 11.3 Å².